The van der Waals surface area contributed by atoms with Crippen molar-refractivity contribution in [1.82, 2.24) is 14.7 Å². The largest absolute Gasteiger partial charge is 0.481 e. The first kappa shape index (κ1) is 21.3. The molecule has 0 radical (unpaired) electrons. The van der Waals surface area contributed by atoms with Gasteiger partial charge in [-0.05, 0) is 45.3 Å². The molecule has 7 heteroatoms. The fraction of sp³-hybridized carbons (Fsp3) is 0.458. The SMILES string of the molecule is C=Cn1cc(CN2CCC(CC3CC(c4ccccc4C)=NO3)(C(=O)O)CC2)c(C)n1. The lowest BCUT2D eigenvalue weighted by atomic mass is 9.73. The van der Waals surface area contributed by atoms with Gasteiger partial charge in [0.25, 0.3) is 0 Å². The summed E-state index contributed by atoms with van der Waals surface area (Å²) in [6.07, 6.45) is 5.83. The highest BCUT2D eigenvalue weighted by atomic mass is 16.6. The quantitative estimate of drug-likeness (QED) is 0.733. The summed E-state index contributed by atoms with van der Waals surface area (Å²) in [5.74, 6) is -0.726. The summed E-state index contributed by atoms with van der Waals surface area (Å²) in [6.45, 7) is 10.0. The Hall–Kier alpha value is -2.93. The van der Waals surface area contributed by atoms with Gasteiger partial charge >= 0.3 is 5.97 Å². The van der Waals surface area contributed by atoms with E-state index < -0.39 is 11.4 Å². The minimum absolute atomic E-state index is 0.190. The van der Waals surface area contributed by atoms with Crippen molar-refractivity contribution in [3.8, 4) is 0 Å². The molecule has 4 rings (SSSR count). The molecule has 164 valence electrons. The number of carboxylic acids is 1. The number of aliphatic carboxylic acids is 1. The second-order valence-electron chi connectivity index (χ2n) is 8.75. The van der Waals surface area contributed by atoms with Gasteiger partial charge in [0.1, 0.15) is 6.10 Å². The zero-order valence-electron chi connectivity index (χ0n) is 18.3. The average molecular weight is 423 g/mol. The molecular weight excluding hydrogens is 392 g/mol. The Labute approximate surface area is 183 Å². The smallest absolute Gasteiger partial charge is 0.309 e. The van der Waals surface area contributed by atoms with Crippen molar-refractivity contribution < 1.29 is 14.7 Å². The lowest BCUT2D eigenvalue weighted by molar-refractivity contribution is -0.155. The lowest BCUT2D eigenvalue weighted by Crippen LogP contribution is -2.45. The minimum atomic E-state index is -0.766. The highest BCUT2D eigenvalue weighted by Gasteiger charge is 2.45. The van der Waals surface area contributed by atoms with Crippen LogP contribution in [0, 0.1) is 19.3 Å². The molecule has 2 aliphatic rings. The van der Waals surface area contributed by atoms with Crippen molar-refractivity contribution in [2.75, 3.05) is 13.1 Å². The molecule has 2 aliphatic heterocycles. The molecule has 3 heterocycles. The van der Waals surface area contributed by atoms with E-state index in [1.54, 1.807) is 10.9 Å². The van der Waals surface area contributed by atoms with E-state index in [1.165, 1.54) is 0 Å². The Balaban J connectivity index is 1.37. The van der Waals surface area contributed by atoms with Gasteiger partial charge in [0.2, 0.25) is 0 Å². The number of aromatic nitrogens is 2. The Kier molecular flexibility index (Phi) is 5.96. The number of piperidine rings is 1. The maximum atomic E-state index is 12.3. The number of benzene rings is 1. The molecule has 1 unspecified atom stereocenters. The molecule has 2 aromatic rings. The summed E-state index contributed by atoms with van der Waals surface area (Å²) in [7, 11) is 0. The molecule has 7 nitrogen and oxygen atoms in total. The van der Waals surface area contributed by atoms with Crippen LogP contribution in [0.1, 0.15) is 48.1 Å². The number of oxime groups is 1. The van der Waals surface area contributed by atoms with Crippen LogP contribution < -0.4 is 0 Å². The Bertz CT molecular complexity index is 1000. The van der Waals surface area contributed by atoms with Gasteiger partial charge in [-0.1, -0.05) is 36.0 Å². The Morgan fingerprint density at radius 3 is 2.71 bits per heavy atom. The zero-order valence-corrected chi connectivity index (χ0v) is 18.3. The molecule has 0 amide bonds. The summed E-state index contributed by atoms with van der Waals surface area (Å²) in [5.41, 5.74) is 4.52. The van der Waals surface area contributed by atoms with Crippen molar-refractivity contribution >= 4 is 17.9 Å². The molecule has 0 bridgehead atoms. The van der Waals surface area contributed by atoms with Crippen molar-refractivity contribution in [2.45, 2.75) is 52.2 Å². The molecule has 1 saturated heterocycles. The number of hydrogen-bond acceptors (Lipinski definition) is 5. The topological polar surface area (TPSA) is 80.0 Å². The number of hydrogen-bond donors (Lipinski definition) is 1. The number of aryl methyl sites for hydroxylation is 2. The minimum Gasteiger partial charge on any atom is -0.481 e. The van der Waals surface area contributed by atoms with Crippen LogP contribution in [0.15, 0.2) is 42.2 Å². The van der Waals surface area contributed by atoms with Crippen LogP contribution in [0.2, 0.25) is 0 Å². The van der Waals surface area contributed by atoms with Gasteiger partial charge in [-0.3, -0.25) is 9.69 Å². The maximum absolute atomic E-state index is 12.3. The normalized spacial score (nSPS) is 20.8. The van der Waals surface area contributed by atoms with Crippen molar-refractivity contribution in [3.05, 3.63) is 59.4 Å². The van der Waals surface area contributed by atoms with Crippen LogP contribution in [0.3, 0.4) is 0 Å². The summed E-state index contributed by atoms with van der Waals surface area (Å²) in [5, 5.41) is 18.8. The summed E-state index contributed by atoms with van der Waals surface area (Å²) < 4.78 is 1.72. The van der Waals surface area contributed by atoms with E-state index in [0.29, 0.717) is 25.7 Å². The molecule has 1 N–H and O–H groups in total. The molecule has 1 aromatic carbocycles. The second kappa shape index (κ2) is 8.67. The highest BCUT2D eigenvalue weighted by molar-refractivity contribution is 6.02. The first-order valence-corrected chi connectivity index (χ1v) is 10.8. The van der Waals surface area contributed by atoms with Crippen molar-refractivity contribution in [2.24, 2.45) is 10.6 Å². The first-order valence-electron chi connectivity index (χ1n) is 10.8. The number of carboxylic acid groups (broad SMARTS) is 1. The number of rotatable bonds is 7. The van der Waals surface area contributed by atoms with Crippen molar-refractivity contribution in [1.29, 1.82) is 0 Å². The van der Waals surface area contributed by atoms with Gasteiger partial charge < -0.3 is 9.94 Å². The highest BCUT2D eigenvalue weighted by Crippen LogP contribution is 2.39. The number of carbonyl (C=O) groups is 1. The van der Waals surface area contributed by atoms with E-state index in [4.69, 9.17) is 4.84 Å². The van der Waals surface area contributed by atoms with E-state index in [1.807, 2.05) is 31.3 Å². The average Bonchev–Trinajstić information content (AvgIpc) is 3.36. The van der Waals surface area contributed by atoms with Gasteiger partial charge in [-0.15, -0.1) is 0 Å². The van der Waals surface area contributed by atoms with E-state index in [2.05, 4.69) is 34.7 Å². The zero-order chi connectivity index (χ0) is 22.0. The number of likely N-dealkylation sites (tertiary alicyclic amines) is 1. The van der Waals surface area contributed by atoms with Gasteiger partial charge in [0, 0.05) is 42.9 Å². The molecule has 1 fully saturated rings. The molecule has 0 aliphatic carbocycles. The van der Waals surface area contributed by atoms with Gasteiger partial charge in [0.05, 0.1) is 16.8 Å². The third kappa shape index (κ3) is 4.42. The molecular formula is C24H30N4O3. The van der Waals surface area contributed by atoms with Crippen molar-refractivity contribution in [3.63, 3.8) is 0 Å². The van der Waals surface area contributed by atoms with Gasteiger partial charge in [-0.25, -0.2) is 4.68 Å². The standard InChI is InChI=1S/C24H30N4O3/c1-4-28-16-19(18(3)25-28)15-27-11-9-24(10-12-27,23(29)30)14-20-13-22(26-31-20)21-8-6-5-7-17(21)2/h4-8,16,20H,1,9-15H2,2-3H3,(H,29,30). The van der Waals surface area contributed by atoms with Crippen LogP contribution in [-0.2, 0) is 16.2 Å². The maximum Gasteiger partial charge on any atom is 0.309 e. The second-order valence-corrected chi connectivity index (χ2v) is 8.75. The third-order valence-electron chi connectivity index (χ3n) is 6.67. The third-order valence-corrected chi connectivity index (χ3v) is 6.67. The predicted octanol–water partition coefficient (Wildman–Crippen LogP) is 3.85. The van der Waals surface area contributed by atoms with E-state index in [0.717, 1.165) is 47.7 Å². The van der Waals surface area contributed by atoms with E-state index in [-0.39, 0.29) is 6.10 Å². The fourth-order valence-electron chi connectivity index (χ4n) is 4.68. The monoisotopic (exact) mass is 422 g/mol. The Morgan fingerprint density at radius 1 is 1.32 bits per heavy atom. The first-order chi connectivity index (χ1) is 14.9. The van der Waals surface area contributed by atoms with Crippen LogP contribution in [0.4, 0.5) is 0 Å². The summed E-state index contributed by atoms with van der Waals surface area (Å²) in [4.78, 5) is 20.3. The van der Waals surface area contributed by atoms with Crippen LogP contribution in [0.5, 0.6) is 0 Å². The van der Waals surface area contributed by atoms with Crippen LogP contribution >= 0.6 is 0 Å². The molecule has 1 atom stereocenters. The predicted molar refractivity (Wildman–Crippen MR) is 120 cm³/mol. The molecule has 0 spiro atoms. The lowest BCUT2D eigenvalue weighted by Gasteiger charge is -2.39. The molecule has 31 heavy (non-hydrogen) atoms. The van der Waals surface area contributed by atoms with E-state index in [9.17, 15) is 9.90 Å². The fourth-order valence-corrected chi connectivity index (χ4v) is 4.68. The summed E-state index contributed by atoms with van der Waals surface area (Å²) in [6, 6.07) is 8.10. The van der Waals surface area contributed by atoms with E-state index >= 15 is 0 Å². The van der Waals surface area contributed by atoms with Gasteiger partial charge in [-0.2, -0.15) is 5.10 Å². The summed E-state index contributed by atoms with van der Waals surface area (Å²) >= 11 is 0. The molecule has 1 aromatic heterocycles. The van der Waals surface area contributed by atoms with Gasteiger partial charge in [0.15, 0.2) is 0 Å². The number of nitrogens with zero attached hydrogens (tertiary/aromatic N) is 4. The van der Waals surface area contributed by atoms with Crippen LogP contribution in [-0.4, -0.2) is 50.7 Å². The van der Waals surface area contributed by atoms with Crippen LogP contribution in [0.25, 0.3) is 6.20 Å². The molecule has 0 saturated carbocycles. The Morgan fingerprint density at radius 2 is 2.06 bits per heavy atom.